The molecule has 1 unspecified atom stereocenters. The first-order chi connectivity index (χ1) is 22.0. The lowest BCUT2D eigenvalue weighted by molar-refractivity contribution is -0.870. The molecule has 0 aliphatic heterocycles. The second kappa shape index (κ2) is 29.9. The number of unbranched alkanes of at least 4 members (excludes halogenated alkanes) is 17. The highest BCUT2D eigenvalue weighted by Crippen LogP contribution is 2.38. The minimum atomic E-state index is -4.61. The summed E-state index contributed by atoms with van der Waals surface area (Å²) in [5.41, 5.74) is 0. The topological polar surface area (TPSA) is 111 Å². The van der Waals surface area contributed by atoms with Crippen molar-refractivity contribution in [3.05, 3.63) is 12.2 Å². The summed E-state index contributed by atoms with van der Waals surface area (Å²) in [7, 11) is 1.16. The number of likely N-dealkylation sites (N-methyl/N-ethyl adjacent to an activating group) is 1. The molecule has 0 bridgehead atoms. The molecule has 0 radical (unpaired) electrons. The van der Waals surface area contributed by atoms with Crippen molar-refractivity contribution in [3.63, 3.8) is 0 Å². The summed E-state index contributed by atoms with van der Waals surface area (Å²) in [6.45, 7) is 4.16. The van der Waals surface area contributed by atoms with Gasteiger partial charge in [0.05, 0.1) is 27.7 Å². The lowest BCUT2D eigenvalue weighted by Gasteiger charge is -2.28. The number of allylic oxidation sites excluding steroid dienone is 2. The highest BCUT2D eigenvalue weighted by molar-refractivity contribution is 7.45. The molecule has 0 aromatic heterocycles. The van der Waals surface area contributed by atoms with E-state index in [0.29, 0.717) is 17.4 Å². The normalized spacial score (nSPS) is 14.0. The number of hydrogen-bond donors (Lipinski definition) is 0. The van der Waals surface area contributed by atoms with E-state index in [-0.39, 0.29) is 26.1 Å². The van der Waals surface area contributed by atoms with Crippen LogP contribution in [0.3, 0.4) is 0 Å². The zero-order valence-electron chi connectivity index (χ0n) is 30.3. The molecule has 2 atom stereocenters. The van der Waals surface area contributed by atoms with Crippen LogP contribution in [-0.2, 0) is 32.7 Å². The summed E-state index contributed by atoms with van der Waals surface area (Å²) in [5, 5.41) is 0. The SMILES string of the molecule is CCCCCC/C=C\CCCCCCCC(=O)OC[C@H](COP(=O)([O-])OCC[N+](C)(C)C)OC(=O)CCCCCCCCCCC. The number of quaternary nitrogens is 1. The molecule has 272 valence electrons. The van der Waals surface area contributed by atoms with E-state index in [9.17, 15) is 19.0 Å². The lowest BCUT2D eigenvalue weighted by Crippen LogP contribution is -2.37. The van der Waals surface area contributed by atoms with E-state index in [1.54, 1.807) is 0 Å². The Morgan fingerprint density at radius 3 is 1.63 bits per heavy atom. The van der Waals surface area contributed by atoms with Gasteiger partial charge in [-0.1, -0.05) is 116 Å². The fourth-order valence-corrected chi connectivity index (χ4v) is 5.55. The predicted octanol–water partition coefficient (Wildman–Crippen LogP) is 8.83. The van der Waals surface area contributed by atoms with E-state index < -0.39 is 32.5 Å². The van der Waals surface area contributed by atoms with Gasteiger partial charge < -0.3 is 27.9 Å². The molecule has 46 heavy (non-hydrogen) atoms. The highest BCUT2D eigenvalue weighted by atomic mass is 31.2. The average molecular weight is 676 g/mol. The molecule has 0 N–H and O–H groups in total. The van der Waals surface area contributed by atoms with Gasteiger partial charge in [-0.15, -0.1) is 0 Å². The van der Waals surface area contributed by atoms with E-state index >= 15 is 0 Å². The quantitative estimate of drug-likeness (QED) is 0.0223. The second-order valence-corrected chi connectivity index (χ2v) is 15.0. The van der Waals surface area contributed by atoms with Gasteiger partial charge in [0, 0.05) is 12.8 Å². The Labute approximate surface area is 282 Å². The van der Waals surface area contributed by atoms with Gasteiger partial charge in [0.25, 0.3) is 7.82 Å². The van der Waals surface area contributed by atoms with Crippen molar-refractivity contribution in [2.75, 3.05) is 47.5 Å². The van der Waals surface area contributed by atoms with Crippen LogP contribution in [0.4, 0.5) is 0 Å². The number of nitrogens with zero attached hydrogens (tertiary/aromatic N) is 1. The van der Waals surface area contributed by atoms with Crippen LogP contribution < -0.4 is 4.89 Å². The third-order valence-corrected chi connectivity index (χ3v) is 8.75. The average Bonchev–Trinajstić information content (AvgIpc) is 2.99. The summed E-state index contributed by atoms with van der Waals surface area (Å²) < 4.78 is 33.6. The first-order valence-electron chi connectivity index (χ1n) is 18.4. The maximum Gasteiger partial charge on any atom is 0.306 e. The minimum absolute atomic E-state index is 0.0296. The van der Waals surface area contributed by atoms with E-state index in [2.05, 4.69) is 26.0 Å². The monoisotopic (exact) mass is 675 g/mol. The Bertz CT molecular complexity index is 814. The molecule has 0 aromatic rings. The third-order valence-electron chi connectivity index (χ3n) is 7.79. The Kier molecular flexibility index (Phi) is 29.0. The van der Waals surface area contributed by atoms with Crippen molar-refractivity contribution >= 4 is 19.8 Å². The van der Waals surface area contributed by atoms with E-state index in [1.807, 2.05) is 21.1 Å². The zero-order valence-corrected chi connectivity index (χ0v) is 31.2. The number of carbonyl (C=O) groups excluding carboxylic acids is 2. The first kappa shape index (κ1) is 44.8. The number of phosphoric acid groups is 1. The molecule has 0 fully saturated rings. The van der Waals surface area contributed by atoms with E-state index in [1.165, 1.54) is 64.2 Å². The second-order valence-electron chi connectivity index (χ2n) is 13.6. The molecule has 0 aliphatic rings. The van der Waals surface area contributed by atoms with E-state index in [4.69, 9.17) is 18.5 Å². The Morgan fingerprint density at radius 1 is 0.652 bits per heavy atom. The maximum atomic E-state index is 12.5. The number of rotatable bonds is 33. The molecule has 0 rings (SSSR count). The van der Waals surface area contributed by atoms with Crippen molar-refractivity contribution in [3.8, 4) is 0 Å². The molecule has 10 heteroatoms. The van der Waals surface area contributed by atoms with Crippen LogP contribution in [0.5, 0.6) is 0 Å². The fraction of sp³-hybridized carbons (Fsp3) is 0.889. The predicted molar refractivity (Wildman–Crippen MR) is 185 cm³/mol. The van der Waals surface area contributed by atoms with Crippen molar-refractivity contribution in [2.24, 2.45) is 0 Å². The lowest BCUT2D eigenvalue weighted by atomic mass is 10.1. The van der Waals surface area contributed by atoms with Crippen LogP contribution in [0.25, 0.3) is 0 Å². The minimum Gasteiger partial charge on any atom is -0.756 e. The van der Waals surface area contributed by atoms with Gasteiger partial charge >= 0.3 is 11.9 Å². The van der Waals surface area contributed by atoms with Crippen LogP contribution >= 0.6 is 7.82 Å². The van der Waals surface area contributed by atoms with Gasteiger partial charge in [-0.2, -0.15) is 0 Å². The molecule has 0 saturated heterocycles. The molecule has 0 aromatic carbocycles. The van der Waals surface area contributed by atoms with Crippen LogP contribution in [0.15, 0.2) is 12.2 Å². The number of hydrogen-bond acceptors (Lipinski definition) is 8. The number of esters is 2. The van der Waals surface area contributed by atoms with Crippen LogP contribution in [0.2, 0.25) is 0 Å². The number of carbonyl (C=O) groups is 2. The largest absolute Gasteiger partial charge is 0.756 e. The molecule has 9 nitrogen and oxygen atoms in total. The first-order valence-corrected chi connectivity index (χ1v) is 19.9. The summed E-state index contributed by atoms with van der Waals surface area (Å²) in [6.07, 6.45) is 26.7. The molecule has 0 heterocycles. The molecular weight excluding hydrogens is 605 g/mol. The van der Waals surface area contributed by atoms with Crippen LogP contribution in [0.1, 0.15) is 155 Å². The Balaban J connectivity index is 4.44. The molecule has 0 saturated carbocycles. The summed E-state index contributed by atoms with van der Waals surface area (Å²) in [4.78, 5) is 37.2. The fourth-order valence-electron chi connectivity index (χ4n) is 4.82. The van der Waals surface area contributed by atoms with Gasteiger partial charge in [0.1, 0.15) is 19.8 Å². The number of ether oxygens (including phenoxy) is 2. The van der Waals surface area contributed by atoms with Gasteiger partial charge in [-0.25, -0.2) is 0 Å². The Morgan fingerprint density at radius 2 is 1.11 bits per heavy atom. The standard InChI is InChI=1S/C36H70NO8P/c1-6-8-10-12-14-16-17-18-19-21-22-24-26-28-35(38)42-32-34(33-44-46(40,41)43-31-30-37(3,4)5)45-36(39)29-27-25-23-20-15-13-11-9-7-2/h16-17,34H,6-15,18-33H2,1-5H3/b17-16-/t34-/m1/s1. The summed E-state index contributed by atoms with van der Waals surface area (Å²) in [6, 6.07) is 0. The van der Waals surface area contributed by atoms with Crippen molar-refractivity contribution in [1.29, 1.82) is 0 Å². The third kappa shape index (κ3) is 32.7. The smallest absolute Gasteiger partial charge is 0.306 e. The van der Waals surface area contributed by atoms with Crippen molar-refractivity contribution in [1.82, 2.24) is 0 Å². The molecule has 0 spiro atoms. The molecule has 0 aliphatic carbocycles. The van der Waals surface area contributed by atoms with E-state index in [0.717, 1.165) is 57.8 Å². The summed E-state index contributed by atoms with van der Waals surface area (Å²) >= 11 is 0. The van der Waals surface area contributed by atoms with Crippen molar-refractivity contribution in [2.45, 2.75) is 161 Å². The molecular formula is C36H70NO8P. The highest BCUT2D eigenvalue weighted by Gasteiger charge is 2.21. The maximum absolute atomic E-state index is 12.5. The Hall–Kier alpha value is -1.25. The van der Waals surface area contributed by atoms with Gasteiger partial charge in [0.2, 0.25) is 0 Å². The summed E-state index contributed by atoms with van der Waals surface area (Å²) in [5.74, 6) is -0.846. The van der Waals surface area contributed by atoms with Crippen LogP contribution in [-0.4, -0.2) is 70.0 Å². The van der Waals surface area contributed by atoms with Gasteiger partial charge in [-0.05, 0) is 38.5 Å². The number of phosphoric ester groups is 1. The zero-order chi connectivity index (χ0) is 34.4. The van der Waals surface area contributed by atoms with Gasteiger partial charge in [-0.3, -0.25) is 14.2 Å². The molecule has 0 amide bonds. The van der Waals surface area contributed by atoms with Crippen LogP contribution in [0, 0.1) is 0 Å². The van der Waals surface area contributed by atoms with Gasteiger partial charge in [0.15, 0.2) is 6.10 Å². The van der Waals surface area contributed by atoms with Crippen molar-refractivity contribution < 1.29 is 42.1 Å².